The van der Waals surface area contributed by atoms with E-state index in [1.165, 1.54) is 18.7 Å². The van der Waals surface area contributed by atoms with Crippen LogP contribution in [0.15, 0.2) is 58.2 Å². The van der Waals surface area contributed by atoms with Crippen LogP contribution in [0.2, 0.25) is 0 Å². The van der Waals surface area contributed by atoms with Gasteiger partial charge >= 0.3 is 12.5 Å². The summed E-state index contributed by atoms with van der Waals surface area (Å²) in [6.45, 7) is 0.483. The average Bonchev–Trinajstić information content (AvgIpc) is 3.35. The molecule has 10 heteroatoms. The van der Waals surface area contributed by atoms with Gasteiger partial charge in [0, 0.05) is 18.0 Å². The molecule has 1 aromatic carbocycles. The normalized spacial score (nSPS) is 12.4. The summed E-state index contributed by atoms with van der Waals surface area (Å²) < 4.78 is 38.7. The predicted octanol–water partition coefficient (Wildman–Crippen LogP) is 5.33. The molecule has 0 aliphatic carbocycles. The van der Waals surface area contributed by atoms with Gasteiger partial charge in [-0.25, -0.2) is 14.8 Å². The van der Waals surface area contributed by atoms with Crippen LogP contribution in [0, 0.1) is 6.92 Å². The number of esters is 1. The molecule has 4 rings (SSSR count). The molecule has 3 heterocycles. The Morgan fingerprint density at radius 3 is 2.81 bits per heavy atom. The number of hydrogen-bond acceptors (Lipinski definition) is 7. The Kier molecular flexibility index (Phi) is 5.99. The fourth-order valence-corrected chi connectivity index (χ4v) is 3.98. The quantitative estimate of drug-likeness (QED) is 0.281. The van der Waals surface area contributed by atoms with Gasteiger partial charge in [0.2, 0.25) is 0 Å². The average molecular weight is 444 g/mol. The molecule has 1 unspecified atom stereocenters. The maximum Gasteiger partial charge on any atom is 0.341 e. The summed E-state index contributed by atoms with van der Waals surface area (Å²) >= 11 is 1.30. The minimum absolute atomic E-state index is 0.0271. The zero-order chi connectivity index (χ0) is 22.0. The van der Waals surface area contributed by atoms with Gasteiger partial charge < -0.3 is 9.26 Å². The van der Waals surface area contributed by atoms with Crippen LogP contribution in [0.4, 0.5) is 8.78 Å². The van der Waals surface area contributed by atoms with E-state index in [2.05, 4.69) is 15.1 Å². The van der Waals surface area contributed by atoms with Crippen LogP contribution in [0.1, 0.15) is 47.2 Å². The van der Waals surface area contributed by atoms with Gasteiger partial charge in [-0.3, -0.25) is 4.57 Å². The topological polar surface area (TPSA) is 83.0 Å². The highest BCUT2D eigenvalue weighted by atomic mass is 32.2. The summed E-state index contributed by atoms with van der Waals surface area (Å²) in [4.78, 5) is 21.3. The van der Waals surface area contributed by atoms with Crippen LogP contribution in [-0.4, -0.2) is 25.7 Å². The summed E-state index contributed by atoms with van der Waals surface area (Å²) in [5.41, 5.74) is 1.63. The number of pyridine rings is 1. The Bertz CT molecular complexity index is 1220. The number of carbonyl (C=O) groups is 1. The first kappa shape index (κ1) is 21.0. The lowest BCUT2D eigenvalue weighted by Gasteiger charge is -2.16. The van der Waals surface area contributed by atoms with E-state index in [1.54, 1.807) is 55.6 Å². The molecule has 0 spiro atoms. The van der Waals surface area contributed by atoms with Crippen molar-refractivity contribution in [3.63, 3.8) is 0 Å². The summed E-state index contributed by atoms with van der Waals surface area (Å²) in [7, 11) is 0. The standard InChI is InChI=1S/C21H18F2N4O3S/c1-12-10-14(26-30-12)11-31-19-15(6-5-9-24-19)20(28)29-13(2)18-25-16-7-3-4-8-17(16)27(18)21(22)23/h3-10,13,21H,11H2,1-2H3. The van der Waals surface area contributed by atoms with Crippen molar-refractivity contribution in [1.82, 2.24) is 19.7 Å². The minimum atomic E-state index is -2.82. The number of fused-ring (bicyclic) bond motifs is 1. The molecule has 4 aromatic rings. The third-order valence-electron chi connectivity index (χ3n) is 4.49. The number of para-hydroxylation sites is 2. The van der Waals surface area contributed by atoms with E-state index >= 15 is 0 Å². The van der Waals surface area contributed by atoms with Crippen LogP contribution >= 0.6 is 11.8 Å². The van der Waals surface area contributed by atoms with E-state index in [0.717, 1.165) is 4.57 Å². The molecular weight excluding hydrogens is 426 g/mol. The molecular formula is C21H18F2N4O3S. The van der Waals surface area contributed by atoms with Crippen molar-refractivity contribution < 1.29 is 22.8 Å². The van der Waals surface area contributed by atoms with Gasteiger partial charge in [0.1, 0.15) is 10.8 Å². The van der Waals surface area contributed by atoms with Crippen molar-refractivity contribution in [2.75, 3.05) is 0 Å². The van der Waals surface area contributed by atoms with Crippen molar-refractivity contribution in [1.29, 1.82) is 0 Å². The van der Waals surface area contributed by atoms with Crippen molar-refractivity contribution in [2.45, 2.75) is 37.3 Å². The SMILES string of the molecule is Cc1cc(CSc2ncccc2C(=O)OC(C)c2nc3ccccc3n2C(F)F)no1. The number of nitrogens with zero attached hydrogens (tertiary/aromatic N) is 4. The summed E-state index contributed by atoms with van der Waals surface area (Å²) in [5, 5.41) is 4.37. The lowest BCUT2D eigenvalue weighted by Crippen LogP contribution is -2.15. The maximum absolute atomic E-state index is 13.7. The number of imidazole rings is 1. The minimum Gasteiger partial charge on any atom is -0.451 e. The molecule has 0 aliphatic heterocycles. The molecule has 7 nitrogen and oxygen atoms in total. The number of alkyl halides is 2. The van der Waals surface area contributed by atoms with E-state index in [1.807, 2.05) is 0 Å². The second-order valence-electron chi connectivity index (χ2n) is 6.73. The number of aromatic nitrogens is 4. The highest BCUT2D eigenvalue weighted by Crippen LogP contribution is 2.30. The molecule has 0 fully saturated rings. The highest BCUT2D eigenvalue weighted by Gasteiger charge is 2.25. The number of hydrogen-bond donors (Lipinski definition) is 0. The smallest absolute Gasteiger partial charge is 0.341 e. The van der Waals surface area contributed by atoms with E-state index in [4.69, 9.17) is 9.26 Å². The monoisotopic (exact) mass is 444 g/mol. The first-order valence-electron chi connectivity index (χ1n) is 9.40. The van der Waals surface area contributed by atoms with Gasteiger partial charge in [-0.05, 0) is 38.1 Å². The number of thioether (sulfide) groups is 1. The van der Waals surface area contributed by atoms with Crippen molar-refractivity contribution >= 4 is 28.8 Å². The largest absolute Gasteiger partial charge is 0.451 e. The molecule has 0 saturated heterocycles. The number of benzene rings is 1. The number of aryl methyl sites for hydroxylation is 1. The predicted molar refractivity (Wildman–Crippen MR) is 110 cm³/mol. The Morgan fingerprint density at radius 2 is 2.06 bits per heavy atom. The molecule has 0 aliphatic rings. The molecule has 0 amide bonds. The number of halogens is 2. The molecule has 0 bridgehead atoms. The number of ether oxygens (including phenoxy) is 1. The Labute approximate surface area is 180 Å². The van der Waals surface area contributed by atoms with Gasteiger partial charge in [0.15, 0.2) is 11.9 Å². The van der Waals surface area contributed by atoms with Crippen molar-refractivity contribution in [3.8, 4) is 0 Å². The number of carbonyl (C=O) groups excluding carboxylic acids is 1. The molecule has 0 saturated carbocycles. The van der Waals surface area contributed by atoms with E-state index < -0.39 is 18.6 Å². The van der Waals surface area contributed by atoms with Crippen LogP contribution in [0.25, 0.3) is 11.0 Å². The zero-order valence-corrected chi connectivity index (χ0v) is 17.5. The molecule has 160 valence electrons. The fraction of sp³-hybridized carbons (Fsp3) is 0.238. The van der Waals surface area contributed by atoms with Gasteiger partial charge in [-0.2, -0.15) is 8.78 Å². The lowest BCUT2D eigenvalue weighted by atomic mass is 10.3. The zero-order valence-electron chi connectivity index (χ0n) is 16.7. The molecule has 0 radical (unpaired) electrons. The Balaban J connectivity index is 1.55. The first-order chi connectivity index (χ1) is 14.9. The third kappa shape index (κ3) is 4.43. The Hall–Kier alpha value is -3.27. The molecule has 3 aromatic heterocycles. The van der Waals surface area contributed by atoms with Crippen molar-refractivity contribution in [2.24, 2.45) is 0 Å². The molecule has 0 N–H and O–H groups in total. The number of rotatable bonds is 7. The maximum atomic E-state index is 13.7. The van der Waals surface area contributed by atoms with E-state index in [0.29, 0.717) is 27.7 Å². The first-order valence-corrected chi connectivity index (χ1v) is 10.4. The summed E-state index contributed by atoms with van der Waals surface area (Å²) in [6.07, 6.45) is 0.567. The molecule has 31 heavy (non-hydrogen) atoms. The van der Waals surface area contributed by atoms with Gasteiger partial charge in [-0.15, -0.1) is 0 Å². The van der Waals surface area contributed by atoms with Crippen LogP contribution < -0.4 is 0 Å². The molecule has 1 atom stereocenters. The third-order valence-corrected chi connectivity index (χ3v) is 5.53. The second-order valence-corrected chi connectivity index (χ2v) is 7.69. The fourth-order valence-electron chi connectivity index (χ4n) is 3.12. The van der Waals surface area contributed by atoms with E-state index in [9.17, 15) is 13.6 Å². The van der Waals surface area contributed by atoms with Gasteiger partial charge in [-0.1, -0.05) is 29.1 Å². The lowest BCUT2D eigenvalue weighted by molar-refractivity contribution is 0.0229. The van der Waals surface area contributed by atoms with E-state index in [-0.39, 0.29) is 16.9 Å². The van der Waals surface area contributed by atoms with Gasteiger partial charge in [0.25, 0.3) is 0 Å². The van der Waals surface area contributed by atoms with Gasteiger partial charge in [0.05, 0.1) is 22.3 Å². The Morgan fingerprint density at radius 1 is 1.26 bits per heavy atom. The van der Waals surface area contributed by atoms with Crippen LogP contribution in [0.3, 0.4) is 0 Å². The summed E-state index contributed by atoms with van der Waals surface area (Å²) in [6, 6.07) is 11.5. The summed E-state index contributed by atoms with van der Waals surface area (Å²) in [5.74, 6) is 0.436. The second kappa shape index (κ2) is 8.84. The highest BCUT2D eigenvalue weighted by molar-refractivity contribution is 7.98. The van der Waals surface area contributed by atoms with Crippen LogP contribution in [-0.2, 0) is 10.5 Å². The van der Waals surface area contributed by atoms with Crippen molar-refractivity contribution in [3.05, 3.63) is 71.5 Å². The van der Waals surface area contributed by atoms with Crippen LogP contribution in [0.5, 0.6) is 0 Å².